The van der Waals surface area contributed by atoms with Crippen molar-refractivity contribution in [1.29, 1.82) is 0 Å². The predicted molar refractivity (Wildman–Crippen MR) is 52.9 cm³/mol. The number of oxime groups is 1. The van der Waals surface area contributed by atoms with Gasteiger partial charge in [0.2, 0.25) is 0 Å². The standard InChI is InChI=1S/C9H19N3O/c1-2-3-8-4-5-12(6-8)7-9(10)11-13/h8,13H,2-7H2,1H3,(H2,10,11). The number of likely N-dealkylation sites (tertiary alicyclic amines) is 1. The molecule has 0 spiro atoms. The van der Waals surface area contributed by atoms with E-state index in [2.05, 4.69) is 17.0 Å². The Kier molecular flexibility index (Phi) is 4.02. The van der Waals surface area contributed by atoms with Crippen LogP contribution in [-0.2, 0) is 0 Å². The highest BCUT2D eigenvalue weighted by Crippen LogP contribution is 2.20. The Morgan fingerprint density at radius 1 is 1.69 bits per heavy atom. The van der Waals surface area contributed by atoms with Gasteiger partial charge in [-0.2, -0.15) is 0 Å². The highest BCUT2D eigenvalue weighted by atomic mass is 16.4. The van der Waals surface area contributed by atoms with E-state index in [1.807, 2.05) is 0 Å². The van der Waals surface area contributed by atoms with Gasteiger partial charge in [0.15, 0.2) is 5.84 Å². The molecule has 0 amide bonds. The molecule has 1 rings (SSSR count). The average Bonchev–Trinajstić information content (AvgIpc) is 2.53. The molecule has 76 valence electrons. The van der Waals surface area contributed by atoms with Gasteiger partial charge in [-0.25, -0.2) is 0 Å². The Morgan fingerprint density at radius 2 is 2.46 bits per heavy atom. The third-order valence-electron chi connectivity index (χ3n) is 2.58. The second kappa shape index (κ2) is 5.07. The summed E-state index contributed by atoms with van der Waals surface area (Å²) in [6, 6.07) is 0. The second-order valence-electron chi connectivity index (χ2n) is 3.77. The van der Waals surface area contributed by atoms with E-state index in [4.69, 9.17) is 10.9 Å². The highest BCUT2D eigenvalue weighted by Gasteiger charge is 2.21. The van der Waals surface area contributed by atoms with Gasteiger partial charge in [0.25, 0.3) is 0 Å². The lowest BCUT2D eigenvalue weighted by molar-refractivity contribution is 0.307. The number of hydrogen-bond acceptors (Lipinski definition) is 3. The molecule has 0 aromatic rings. The lowest BCUT2D eigenvalue weighted by Crippen LogP contribution is -2.32. The maximum atomic E-state index is 8.40. The van der Waals surface area contributed by atoms with Gasteiger partial charge < -0.3 is 10.9 Å². The molecule has 13 heavy (non-hydrogen) atoms. The van der Waals surface area contributed by atoms with E-state index in [-0.39, 0.29) is 0 Å². The van der Waals surface area contributed by atoms with Crippen LogP contribution in [0, 0.1) is 5.92 Å². The molecule has 0 aliphatic carbocycles. The molecular weight excluding hydrogens is 166 g/mol. The van der Waals surface area contributed by atoms with Gasteiger partial charge in [-0.3, -0.25) is 4.90 Å². The zero-order valence-corrected chi connectivity index (χ0v) is 8.24. The molecule has 1 unspecified atom stereocenters. The molecule has 1 aliphatic heterocycles. The smallest absolute Gasteiger partial charge is 0.153 e. The van der Waals surface area contributed by atoms with Gasteiger partial charge in [-0.05, 0) is 25.3 Å². The second-order valence-corrected chi connectivity index (χ2v) is 3.77. The van der Waals surface area contributed by atoms with Crippen molar-refractivity contribution in [2.45, 2.75) is 26.2 Å². The molecule has 0 saturated carbocycles. The monoisotopic (exact) mass is 185 g/mol. The van der Waals surface area contributed by atoms with Crippen LogP contribution in [0.1, 0.15) is 26.2 Å². The van der Waals surface area contributed by atoms with E-state index in [1.165, 1.54) is 19.3 Å². The summed E-state index contributed by atoms with van der Waals surface area (Å²) in [5, 5.41) is 11.4. The number of rotatable bonds is 4. The van der Waals surface area contributed by atoms with Crippen LogP contribution in [0.25, 0.3) is 0 Å². The maximum absolute atomic E-state index is 8.40. The minimum absolute atomic E-state index is 0.317. The van der Waals surface area contributed by atoms with Crippen LogP contribution < -0.4 is 5.73 Å². The van der Waals surface area contributed by atoms with E-state index in [1.54, 1.807) is 0 Å². The lowest BCUT2D eigenvalue weighted by Gasteiger charge is -2.14. The van der Waals surface area contributed by atoms with Gasteiger partial charge in [0.1, 0.15) is 0 Å². The zero-order chi connectivity index (χ0) is 9.68. The van der Waals surface area contributed by atoms with E-state index in [0.29, 0.717) is 12.4 Å². The third-order valence-corrected chi connectivity index (χ3v) is 2.58. The Hall–Kier alpha value is -0.770. The normalized spacial score (nSPS) is 25.3. The van der Waals surface area contributed by atoms with Crippen LogP contribution in [-0.4, -0.2) is 35.6 Å². The fraction of sp³-hybridized carbons (Fsp3) is 0.889. The zero-order valence-electron chi connectivity index (χ0n) is 8.24. The first-order valence-electron chi connectivity index (χ1n) is 4.95. The Labute approximate surface area is 79.4 Å². The van der Waals surface area contributed by atoms with Gasteiger partial charge in [-0.1, -0.05) is 18.5 Å². The van der Waals surface area contributed by atoms with Crippen LogP contribution in [0.3, 0.4) is 0 Å². The summed E-state index contributed by atoms with van der Waals surface area (Å²) in [7, 11) is 0. The van der Waals surface area contributed by atoms with E-state index in [0.717, 1.165) is 19.0 Å². The molecule has 0 radical (unpaired) electrons. The number of nitrogens with two attached hydrogens (primary N) is 1. The van der Waals surface area contributed by atoms with Gasteiger partial charge >= 0.3 is 0 Å². The van der Waals surface area contributed by atoms with Crippen LogP contribution in [0.2, 0.25) is 0 Å². The molecule has 1 atom stereocenters. The van der Waals surface area contributed by atoms with Gasteiger partial charge in [-0.15, -0.1) is 0 Å². The first-order valence-corrected chi connectivity index (χ1v) is 4.95. The third kappa shape index (κ3) is 3.22. The van der Waals surface area contributed by atoms with Crippen molar-refractivity contribution in [3.05, 3.63) is 0 Å². The molecule has 1 heterocycles. The Morgan fingerprint density at radius 3 is 3.08 bits per heavy atom. The highest BCUT2D eigenvalue weighted by molar-refractivity contribution is 5.81. The Balaban J connectivity index is 2.25. The maximum Gasteiger partial charge on any atom is 0.153 e. The summed E-state index contributed by atoms with van der Waals surface area (Å²) < 4.78 is 0. The molecule has 0 aromatic heterocycles. The Bertz CT molecular complexity index is 182. The summed E-state index contributed by atoms with van der Waals surface area (Å²) in [5.41, 5.74) is 5.43. The summed E-state index contributed by atoms with van der Waals surface area (Å²) >= 11 is 0. The minimum atomic E-state index is 0.317. The minimum Gasteiger partial charge on any atom is -0.409 e. The summed E-state index contributed by atoms with van der Waals surface area (Å²) in [5.74, 6) is 1.13. The molecule has 1 fully saturated rings. The average molecular weight is 185 g/mol. The largest absolute Gasteiger partial charge is 0.409 e. The fourth-order valence-electron chi connectivity index (χ4n) is 1.96. The quantitative estimate of drug-likeness (QED) is 0.295. The van der Waals surface area contributed by atoms with Crippen molar-refractivity contribution < 1.29 is 5.21 Å². The SMILES string of the molecule is CCCC1CCN(CC(N)=NO)C1. The van der Waals surface area contributed by atoms with Crippen molar-refractivity contribution >= 4 is 5.84 Å². The van der Waals surface area contributed by atoms with E-state index in [9.17, 15) is 0 Å². The number of amidine groups is 1. The van der Waals surface area contributed by atoms with Crippen LogP contribution in [0.15, 0.2) is 5.16 Å². The molecule has 4 nitrogen and oxygen atoms in total. The van der Waals surface area contributed by atoms with Crippen molar-refractivity contribution in [3.8, 4) is 0 Å². The molecule has 3 N–H and O–H groups in total. The molecular formula is C9H19N3O. The predicted octanol–water partition coefficient (Wildman–Crippen LogP) is 0.855. The fourth-order valence-corrected chi connectivity index (χ4v) is 1.96. The molecule has 1 aliphatic rings. The topological polar surface area (TPSA) is 61.8 Å². The lowest BCUT2D eigenvalue weighted by atomic mass is 10.0. The number of hydrogen-bond donors (Lipinski definition) is 2. The first-order chi connectivity index (χ1) is 6.26. The van der Waals surface area contributed by atoms with Crippen LogP contribution in [0.4, 0.5) is 0 Å². The van der Waals surface area contributed by atoms with E-state index < -0.39 is 0 Å². The molecule has 0 aromatic carbocycles. The van der Waals surface area contributed by atoms with Crippen molar-refractivity contribution in [3.63, 3.8) is 0 Å². The summed E-state index contributed by atoms with van der Waals surface area (Å²) in [4.78, 5) is 2.25. The van der Waals surface area contributed by atoms with Gasteiger partial charge in [0.05, 0.1) is 6.54 Å². The molecule has 0 bridgehead atoms. The van der Waals surface area contributed by atoms with Crippen molar-refractivity contribution in [2.24, 2.45) is 16.8 Å². The molecule has 4 heteroatoms. The summed E-state index contributed by atoms with van der Waals surface area (Å²) in [6.07, 6.45) is 3.81. The molecule has 1 saturated heterocycles. The van der Waals surface area contributed by atoms with Gasteiger partial charge in [0, 0.05) is 6.54 Å². The van der Waals surface area contributed by atoms with E-state index >= 15 is 0 Å². The van der Waals surface area contributed by atoms with Crippen LogP contribution >= 0.6 is 0 Å². The van der Waals surface area contributed by atoms with Crippen molar-refractivity contribution in [2.75, 3.05) is 19.6 Å². The van der Waals surface area contributed by atoms with Crippen molar-refractivity contribution in [1.82, 2.24) is 4.90 Å². The first kappa shape index (κ1) is 10.3. The van der Waals surface area contributed by atoms with Crippen LogP contribution in [0.5, 0.6) is 0 Å². The summed E-state index contributed by atoms with van der Waals surface area (Å²) in [6.45, 7) is 5.01. The number of nitrogens with zero attached hydrogens (tertiary/aromatic N) is 2.